The monoisotopic (exact) mass is 231 g/mol. The quantitative estimate of drug-likeness (QED) is 0.678. The van der Waals surface area contributed by atoms with Gasteiger partial charge in [0.2, 0.25) is 0 Å². The SMILES string of the molecule is CC[C@H]1CO[P+]23OC[C@H](CC)N2CCN13. The van der Waals surface area contributed by atoms with Crippen molar-refractivity contribution in [1.29, 1.82) is 0 Å². The van der Waals surface area contributed by atoms with Crippen LogP contribution in [-0.4, -0.2) is 47.7 Å². The molecule has 0 N–H and O–H groups in total. The largest absolute Gasteiger partial charge is 0.437 e. The predicted octanol–water partition coefficient (Wildman–Crippen LogP) is 1.90. The molecule has 0 radical (unpaired) electrons. The first-order valence-corrected chi connectivity index (χ1v) is 7.57. The topological polar surface area (TPSA) is 24.9 Å². The van der Waals surface area contributed by atoms with Gasteiger partial charge in [-0.3, -0.25) is 0 Å². The Labute approximate surface area is 92.1 Å². The number of rotatable bonds is 2. The maximum Gasteiger partial charge on any atom is 0.437 e. The van der Waals surface area contributed by atoms with Gasteiger partial charge in [-0.25, -0.2) is 0 Å². The van der Waals surface area contributed by atoms with E-state index in [0.717, 1.165) is 26.3 Å². The average molecular weight is 231 g/mol. The summed E-state index contributed by atoms with van der Waals surface area (Å²) in [6, 6.07) is 1.19. The third kappa shape index (κ3) is 1.26. The van der Waals surface area contributed by atoms with E-state index in [1.54, 1.807) is 0 Å². The van der Waals surface area contributed by atoms with E-state index >= 15 is 0 Å². The molecule has 86 valence electrons. The van der Waals surface area contributed by atoms with E-state index in [4.69, 9.17) is 9.05 Å². The minimum Gasteiger partial charge on any atom is -0.170 e. The summed E-state index contributed by atoms with van der Waals surface area (Å²) < 4.78 is 17.2. The average Bonchev–Trinajstić information content (AvgIpc) is 2.85. The van der Waals surface area contributed by atoms with E-state index in [0.29, 0.717) is 12.1 Å². The van der Waals surface area contributed by atoms with Crippen molar-refractivity contribution in [2.45, 2.75) is 38.8 Å². The van der Waals surface area contributed by atoms with Crippen molar-refractivity contribution in [2.75, 3.05) is 26.3 Å². The van der Waals surface area contributed by atoms with Gasteiger partial charge in [0.1, 0.15) is 13.2 Å². The highest BCUT2D eigenvalue weighted by Crippen LogP contribution is 2.77. The second kappa shape index (κ2) is 3.64. The normalized spacial score (nSPS) is 39.6. The van der Waals surface area contributed by atoms with Crippen LogP contribution >= 0.6 is 8.02 Å². The van der Waals surface area contributed by atoms with Crippen molar-refractivity contribution < 1.29 is 9.05 Å². The van der Waals surface area contributed by atoms with Gasteiger partial charge in [-0.05, 0) is 12.8 Å². The van der Waals surface area contributed by atoms with Crippen LogP contribution in [0.2, 0.25) is 0 Å². The van der Waals surface area contributed by atoms with E-state index in [9.17, 15) is 0 Å². The van der Waals surface area contributed by atoms with Crippen LogP contribution in [0.25, 0.3) is 0 Å². The Morgan fingerprint density at radius 1 is 1.00 bits per heavy atom. The van der Waals surface area contributed by atoms with Crippen LogP contribution in [0.15, 0.2) is 0 Å². The molecule has 3 heterocycles. The second-order valence-corrected chi connectivity index (χ2v) is 7.06. The maximum atomic E-state index is 6.06. The van der Waals surface area contributed by atoms with Crippen LogP contribution in [0.3, 0.4) is 0 Å². The van der Waals surface area contributed by atoms with E-state index in [2.05, 4.69) is 23.2 Å². The van der Waals surface area contributed by atoms with Crippen LogP contribution in [0.1, 0.15) is 26.7 Å². The molecule has 4 nitrogen and oxygen atoms in total. The summed E-state index contributed by atoms with van der Waals surface area (Å²) in [5.41, 5.74) is 0. The maximum absolute atomic E-state index is 6.06. The molecule has 3 saturated heterocycles. The molecule has 2 atom stereocenters. The first-order valence-electron chi connectivity index (χ1n) is 6.04. The van der Waals surface area contributed by atoms with E-state index in [-0.39, 0.29) is 0 Å². The zero-order valence-electron chi connectivity index (χ0n) is 9.56. The van der Waals surface area contributed by atoms with Gasteiger partial charge < -0.3 is 0 Å². The van der Waals surface area contributed by atoms with Crippen LogP contribution in [0, 0.1) is 0 Å². The lowest BCUT2D eigenvalue weighted by Crippen LogP contribution is -2.28. The molecule has 0 bridgehead atoms. The molecule has 0 unspecified atom stereocenters. The fraction of sp³-hybridized carbons (Fsp3) is 1.00. The molecule has 3 fully saturated rings. The lowest BCUT2D eigenvalue weighted by Gasteiger charge is -2.20. The Bertz CT molecular complexity index is 238. The highest BCUT2D eigenvalue weighted by Gasteiger charge is 2.72. The molecule has 3 aliphatic rings. The van der Waals surface area contributed by atoms with Gasteiger partial charge in [0, 0.05) is 0 Å². The van der Waals surface area contributed by atoms with E-state index in [1.165, 1.54) is 12.8 Å². The summed E-state index contributed by atoms with van der Waals surface area (Å²) in [6.07, 6.45) is 2.35. The summed E-state index contributed by atoms with van der Waals surface area (Å²) in [7, 11) is -1.75. The van der Waals surface area contributed by atoms with Crippen molar-refractivity contribution in [3.05, 3.63) is 0 Å². The Kier molecular flexibility index (Phi) is 2.53. The number of hydrogen-bond acceptors (Lipinski definition) is 4. The van der Waals surface area contributed by atoms with Crippen molar-refractivity contribution in [2.24, 2.45) is 0 Å². The van der Waals surface area contributed by atoms with Crippen LogP contribution in [0.5, 0.6) is 0 Å². The zero-order valence-corrected chi connectivity index (χ0v) is 10.4. The molecular formula is C10H20N2O2P+. The van der Waals surface area contributed by atoms with E-state index in [1.807, 2.05) is 0 Å². The summed E-state index contributed by atoms with van der Waals surface area (Å²) in [6.45, 7) is 8.51. The Balaban J connectivity index is 1.86. The lowest BCUT2D eigenvalue weighted by atomic mass is 10.2. The van der Waals surface area contributed by atoms with Crippen molar-refractivity contribution in [3.8, 4) is 0 Å². The van der Waals surface area contributed by atoms with Crippen LogP contribution in [-0.2, 0) is 9.05 Å². The molecule has 0 aromatic rings. The first kappa shape index (κ1) is 10.4. The second-order valence-electron chi connectivity index (χ2n) is 4.53. The van der Waals surface area contributed by atoms with Gasteiger partial charge in [0.05, 0.1) is 25.2 Å². The molecular weight excluding hydrogens is 211 g/mol. The number of nitrogens with zero attached hydrogens (tertiary/aromatic N) is 2. The minimum atomic E-state index is -1.75. The Hall–Kier alpha value is 0.270. The summed E-state index contributed by atoms with van der Waals surface area (Å²) in [5.74, 6) is 0. The molecule has 5 heteroatoms. The van der Waals surface area contributed by atoms with Crippen molar-refractivity contribution in [3.63, 3.8) is 0 Å². The van der Waals surface area contributed by atoms with Crippen LogP contribution < -0.4 is 0 Å². The molecule has 1 spiro atoms. The highest BCUT2D eigenvalue weighted by atomic mass is 31.2. The smallest absolute Gasteiger partial charge is 0.170 e. The zero-order chi connectivity index (χ0) is 10.5. The fourth-order valence-corrected chi connectivity index (χ4v) is 6.58. The van der Waals surface area contributed by atoms with Gasteiger partial charge in [-0.2, -0.15) is 9.05 Å². The van der Waals surface area contributed by atoms with Gasteiger partial charge in [0.15, 0.2) is 0 Å². The fourth-order valence-electron chi connectivity index (χ4n) is 2.91. The van der Waals surface area contributed by atoms with Gasteiger partial charge >= 0.3 is 8.02 Å². The molecule has 0 aromatic heterocycles. The molecule has 0 aliphatic carbocycles. The van der Waals surface area contributed by atoms with Crippen molar-refractivity contribution in [1.82, 2.24) is 9.34 Å². The molecule has 0 saturated carbocycles. The first-order chi connectivity index (χ1) is 7.31. The summed E-state index contributed by atoms with van der Waals surface area (Å²) in [5, 5.41) is 0. The third-order valence-electron chi connectivity index (χ3n) is 3.86. The Morgan fingerprint density at radius 2 is 1.47 bits per heavy atom. The van der Waals surface area contributed by atoms with Gasteiger partial charge in [0.25, 0.3) is 0 Å². The third-order valence-corrected chi connectivity index (χ3v) is 7.19. The Morgan fingerprint density at radius 3 is 1.87 bits per heavy atom. The van der Waals surface area contributed by atoms with Crippen molar-refractivity contribution >= 4 is 8.02 Å². The molecule has 0 aromatic carbocycles. The minimum absolute atomic E-state index is 0.596. The summed E-state index contributed by atoms with van der Waals surface area (Å²) >= 11 is 0. The van der Waals surface area contributed by atoms with E-state index < -0.39 is 8.02 Å². The lowest BCUT2D eigenvalue weighted by molar-refractivity contribution is 0.268. The molecule has 3 rings (SSSR count). The highest BCUT2D eigenvalue weighted by molar-refractivity contribution is 7.62. The van der Waals surface area contributed by atoms with Gasteiger partial charge in [-0.15, -0.1) is 9.34 Å². The van der Waals surface area contributed by atoms with Gasteiger partial charge in [-0.1, -0.05) is 13.8 Å². The molecule has 3 aliphatic heterocycles. The molecule has 15 heavy (non-hydrogen) atoms. The summed E-state index contributed by atoms with van der Waals surface area (Å²) in [4.78, 5) is 0. The standard InChI is InChI=1S/C10H20N2O2P/c1-3-9-7-13-15-11(9)5-6-12(15)10(4-2)8-14-15/h9-10H,3-8H2,1-2H3/q+1/t9-,10-,15?/m0/s1. The predicted molar refractivity (Wildman–Crippen MR) is 60.4 cm³/mol. The molecule has 0 amide bonds. The number of hydrogen-bond donors (Lipinski definition) is 0. The van der Waals surface area contributed by atoms with Crippen LogP contribution in [0.4, 0.5) is 0 Å².